The van der Waals surface area contributed by atoms with Crippen molar-refractivity contribution in [1.29, 1.82) is 0 Å². The van der Waals surface area contributed by atoms with Gasteiger partial charge in [0.15, 0.2) is 0 Å². The van der Waals surface area contributed by atoms with Crippen molar-refractivity contribution in [1.82, 2.24) is 10.2 Å². The van der Waals surface area contributed by atoms with Gasteiger partial charge in [-0.25, -0.2) is 0 Å². The normalized spacial score (nSPS) is 12.4. The SMILES string of the molecule is Brc1ccc2c(c1)OCc1cc(-c3cn[nH]c3)ccc1-2. The van der Waals surface area contributed by atoms with Gasteiger partial charge >= 0.3 is 0 Å². The van der Waals surface area contributed by atoms with Crippen LogP contribution in [0.2, 0.25) is 0 Å². The molecule has 4 heteroatoms. The number of hydrogen-bond acceptors (Lipinski definition) is 2. The Morgan fingerprint density at radius 1 is 1.05 bits per heavy atom. The lowest BCUT2D eigenvalue weighted by molar-refractivity contribution is 0.302. The summed E-state index contributed by atoms with van der Waals surface area (Å²) in [6.45, 7) is 0.602. The number of ether oxygens (including phenoxy) is 1. The summed E-state index contributed by atoms with van der Waals surface area (Å²) in [7, 11) is 0. The molecule has 0 fully saturated rings. The minimum Gasteiger partial charge on any atom is -0.488 e. The Balaban J connectivity index is 1.85. The summed E-state index contributed by atoms with van der Waals surface area (Å²) < 4.78 is 6.89. The van der Waals surface area contributed by atoms with Crippen molar-refractivity contribution in [3.63, 3.8) is 0 Å². The zero-order chi connectivity index (χ0) is 13.5. The molecular formula is C16H11BrN2O. The van der Waals surface area contributed by atoms with Gasteiger partial charge in [-0.2, -0.15) is 5.10 Å². The van der Waals surface area contributed by atoms with Gasteiger partial charge in [0.25, 0.3) is 0 Å². The number of H-pyrrole nitrogens is 1. The highest BCUT2D eigenvalue weighted by molar-refractivity contribution is 9.10. The van der Waals surface area contributed by atoms with Crippen molar-refractivity contribution in [2.45, 2.75) is 6.61 Å². The number of hydrogen-bond donors (Lipinski definition) is 1. The van der Waals surface area contributed by atoms with Gasteiger partial charge in [-0.1, -0.05) is 28.1 Å². The Kier molecular flexibility index (Phi) is 2.63. The number of rotatable bonds is 1. The lowest BCUT2D eigenvalue weighted by Crippen LogP contribution is -2.05. The van der Waals surface area contributed by atoms with Crippen LogP contribution >= 0.6 is 15.9 Å². The zero-order valence-corrected chi connectivity index (χ0v) is 12.1. The summed E-state index contributed by atoms with van der Waals surface area (Å²) in [5.41, 5.74) is 5.84. The molecular weight excluding hydrogens is 316 g/mol. The molecule has 0 saturated heterocycles. The lowest BCUT2D eigenvalue weighted by Gasteiger charge is -2.21. The summed E-state index contributed by atoms with van der Waals surface area (Å²) >= 11 is 3.48. The van der Waals surface area contributed by atoms with E-state index in [2.05, 4.69) is 50.4 Å². The first kappa shape index (κ1) is 11.7. The first-order valence-electron chi connectivity index (χ1n) is 6.36. The predicted octanol–water partition coefficient (Wildman–Crippen LogP) is 4.40. The number of nitrogens with zero attached hydrogens (tertiary/aromatic N) is 1. The monoisotopic (exact) mass is 326 g/mol. The van der Waals surface area contributed by atoms with E-state index in [0.29, 0.717) is 6.61 Å². The van der Waals surface area contributed by atoms with Crippen molar-refractivity contribution in [2.24, 2.45) is 0 Å². The number of nitrogens with one attached hydrogen (secondary N) is 1. The average molecular weight is 327 g/mol. The van der Waals surface area contributed by atoms with Crippen LogP contribution in [0.5, 0.6) is 5.75 Å². The van der Waals surface area contributed by atoms with E-state index >= 15 is 0 Å². The van der Waals surface area contributed by atoms with Crippen molar-refractivity contribution >= 4 is 15.9 Å². The predicted molar refractivity (Wildman–Crippen MR) is 81.5 cm³/mol. The fraction of sp³-hybridized carbons (Fsp3) is 0.0625. The minimum atomic E-state index is 0.602. The third-order valence-electron chi connectivity index (χ3n) is 3.55. The standard InChI is InChI=1S/C16H11BrN2O/c17-13-2-4-15-14-3-1-10(12-7-18-19-8-12)5-11(14)9-20-16(15)6-13/h1-8H,9H2,(H,18,19). The first-order valence-corrected chi connectivity index (χ1v) is 7.15. The molecule has 1 aliphatic rings. The zero-order valence-electron chi connectivity index (χ0n) is 10.6. The second kappa shape index (κ2) is 4.49. The van der Waals surface area contributed by atoms with E-state index in [0.717, 1.165) is 26.9 Å². The van der Waals surface area contributed by atoms with Gasteiger partial charge < -0.3 is 4.74 Å². The van der Waals surface area contributed by atoms with Crippen LogP contribution in [0.4, 0.5) is 0 Å². The number of aromatic amines is 1. The van der Waals surface area contributed by atoms with Gasteiger partial charge in [0.05, 0.1) is 6.20 Å². The Morgan fingerprint density at radius 3 is 2.80 bits per heavy atom. The molecule has 1 aromatic heterocycles. The van der Waals surface area contributed by atoms with Crippen LogP contribution in [0.25, 0.3) is 22.3 Å². The summed E-state index contributed by atoms with van der Waals surface area (Å²) in [6.07, 6.45) is 3.73. The maximum Gasteiger partial charge on any atom is 0.128 e. The lowest BCUT2D eigenvalue weighted by atomic mass is 9.94. The molecule has 1 aliphatic heterocycles. The number of benzene rings is 2. The Bertz CT molecular complexity index is 781. The minimum absolute atomic E-state index is 0.602. The van der Waals surface area contributed by atoms with E-state index in [-0.39, 0.29) is 0 Å². The summed E-state index contributed by atoms with van der Waals surface area (Å²) in [5.74, 6) is 0.933. The molecule has 0 atom stereocenters. The van der Waals surface area contributed by atoms with E-state index in [4.69, 9.17) is 4.74 Å². The first-order chi connectivity index (χ1) is 9.81. The van der Waals surface area contributed by atoms with Gasteiger partial charge in [0.2, 0.25) is 0 Å². The second-order valence-electron chi connectivity index (χ2n) is 4.79. The van der Waals surface area contributed by atoms with Crippen LogP contribution in [0.3, 0.4) is 0 Å². The van der Waals surface area contributed by atoms with Crippen molar-refractivity contribution in [3.8, 4) is 28.0 Å². The molecule has 3 nitrogen and oxygen atoms in total. The van der Waals surface area contributed by atoms with Gasteiger partial charge in [0.1, 0.15) is 12.4 Å². The van der Waals surface area contributed by atoms with Gasteiger partial charge in [-0.15, -0.1) is 0 Å². The maximum absolute atomic E-state index is 5.85. The molecule has 0 radical (unpaired) electrons. The topological polar surface area (TPSA) is 37.9 Å². The number of halogens is 1. The fourth-order valence-corrected chi connectivity index (χ4v) is 2.90. The van der Waals surface area contributed by atoms with E-state index in [9.17, 15) is 0 Å². The molecule has 98 valence electrons. The van der Waals surface area contributed by atoms with Gasteiger partial charge in [-0.3, -0.25) is 5.10 Å². The van der Waals surface area contributed by atoms with E-state index in [1.165, 1.54) is 11.1 Å². The van der Waals surface area contributed by atoms with Gasteiger partial charge in [-0.05, 0) is 41.0 Å². The molecule has 0 unspecified atom stereocenters. The Labute approximate surface area is 124 Å². The molecule has 0 amide bonds. The van der Waals surface area contributed by atoms with Crippen molar-refractivity contribution in [2.75, 3.05) is 0 Å². The quantitative estimate of drug-likeness (QED) is 0.719. The maximum atomic E-state index is 5.85. The second-order valence-corrected chi connectivity index (χ2v) is 5.70. The molecule has 2 aromatic carbocycles. The highest BCUT2D eigenvalue weighted by atomic mass is 79.9. The average Bonchev–Trinajstić information content (AvgIpc) is 3.00. The van der Waals surface area contributed by atoms with E-state index in [1.54, 1.807) is 0 Å². The highest BCUT2D eigenvalue weighted by Gasteiger charge is 2.18. The smallest absolute Gasteiger partial charge is 0.128 e. The molecule has 0 saturated carbocycles. The molecule has 3 aromatic rings. The molecule has 0 spiro atoms. The van der Waals surface area contributed by atoms with Crippen LogP contribution in [0.15, 0.2) is 53.3 Å². The van der Waals surface area contributed by atoms with Gasteiger partial charge in [0, 0.05) is 21.8 Å². The number of fused-ring (bicyclic) bond motifs is 3. The fourth-order valence-electron chi connectivity index (χ4n) is 2.56. The summed E-state index contributed by atoms with van der Waals surface area (Å²) in [6, 6.07) is 12.6. The van der Waals surface area contributed by atoms with Crippen LogP contribution < -0.4 is 4.74 Å². The number of aromatic nitrogens is 2. The van der Waals surface area contributed by atoms with Crippen molar-refractivity contribution in [3.05, 3.63) is 58.8 Å². The van der Waals surface area contributed by atoms with Crippen LogP contribution in [0, 0.1) is 0 Å². The molecule has 0 bridgehead atoms. The molecule has 2 heterocycles. The molecule has 1 N–H and O–H groups in total. The van der Waals surface area contributed by atoms with E-state index in [1.807, 2.05) is 24.5 Å². The summed E-state index contributed by atoms with van der Waals surface area (Å²) in [5, 5.41) is 6.84. The third kappa shape index (κ3) is 1.84. The largest absolute Gasteiger partial charge is 0.488 e. The molecule has 4 rings (SSSR count). The molecule has 0 aliphatic carbocycles. The van der Waals surface area contributed by atoms with E-state index < -0.39 is 0 Å². The highest BCUT2D eigenvalue weighted by Crippen LogP contribution is 2.40. The van der Waals surface area contributed by atoms with Crippen LogP contribution in [0.1, 0.15) is 5.56 Å². The summed E-state index contributed by atoms with van der Waals surface area (Å²) in [4.78, 5) is 0. The molecule has 20 heavy (non-hydrogen) atoms. The van der Waals surface area contributed by atoms with Crippen molar-refractivity contribution < 1.29 is 4.74 Å². The Hall–Kier alpha value is -2.07. The van der Waals surface area contributed by atoms with Crippen LogP contribution in [-0.2, 0) is 6.61 Å². The third-order valence-corrected chi connectivity index (χ3v) is 4.05. The van der Waals surface area contributed by atoms with Crippen LogP contribution in [-0.4, -0.2) is 10.2 Å². The Morgan fingerprint density at radius 2 is 1.95 bits per heavy atom.